The van der Waals surface area contributed by atoms with Crippen molar-refractivity contribution in [1.29, 1.82) is 0 Å². The molecule has 0 aliphatic rings. The third-order valence-electron chi connectivity index (χ3n) is 3.31. The van der Waals surface area contributed by atoms with E-state index in [9.17, 15) is 0 Å². The molecule has 0 aliphatic heterocycles. The van der Waals surface area contributed by atoms with E-state index >= 15 is 0 Å². The minimum atomic E-state index is 0.202. The zero-order chi connectivity index (χ0) is 13.2. The van der Waals surface area contributed by atoms with Crippen LogP contribution in [0.5, 0.6) is 0 Å². The van der Waals surface area contributed by atoms with Crippen molar-refractivity contribution >= 4 is 16.7 Å². The second-order valence-corrected chi connectivity index (χ2v) is 4.67. The SMILES string of the molecule is Cc1n[nH]c2ccnc(N[C@H](C)c3ccccc3)c12. The number of H-pyrrole nitrogens is 1. The molecule has 0 radical (unpaired) electrons. The number of aryl methyl sites for hydroxylation is 1. The molecule has 0 unspecified atom stereocenters. The summed E-state index contributed by atoms with van der Waals surface area (Å²) in [5, 5.41) is 11.8. The van der Waals surface area contributed by atoms with Crippen molar-refractivity contribution < 1.29 is 0 Å². The van der Waals surface area contributed by atoms with E-state index in [4.69, 9.17) is 0 Å². The van der Waals surface area contributed by atoms with Gasteiger partial charge in [-0.2, -0.15) is 5.10 Å². The summed E-state index contributed by atoms with van der Waals surface area (Å²) in [6, 6.07) is 12.5. The van der Waals surface area contributed by atoms with E-state index in [0.29, 0.717) is 0 Å². The lowest BCUT2D eigenvalue weighted by molar-refractivity contribution is 0.877. The van der Waals surface area contributed by atoms with Crippen molar-refractivity contribution in [2.45, 2.75) is 19.9 Å². The Morgan fingerprint density at radius 1 is 1.16 bits per heavy atom. The molecular weight excluding hydrogens is 236 g/mol. The molecule has 3 rings (SSSR count). The number of aromatic nitrogens is 3. The van der Waals surface area contributed by atoms with Gasteiger partial charge in [0.15, 0.2) is 0 Å². The molecule has 1 atom stereocenters. The van der Waals surface area contributed by atoms with Crippen molar-refractivity contribution in [3.05, 3.63) is 53.9 Å². The maximum atomic E-state index is 4.43. The third-order valence-corrected chi connectivity index (χ3v) is 3.31. The van der Waals surface area contributed by atoms with Crippen molar-refractivity contribution in [3.8, 4) is 0 Å². The predicted molar refractivity (Wildman–Crippen MR) is 77.1 cm³/mol. The summed E-state index contributed by atoms with van der Waals surface area (Å²) in [5.41, 5.74) is 3.21. The van der Waals surface area contributed by atoms with Crippen LogP contribution in [0.1, 0.15) is 24.2 Å². The van der Waals surface area contributed by atoms with Crippen LogP contribution in [0.3, 0.4) is 0 Å². The average Bonchev–Trinajstić information content (AvgIpc) is 2.83. The van der Waals surface area contributed by atoms with E-state index in [0.717, 1.165) is 22.4 Å². The van der Waals surface area contributed by atoms with E-state index in [2.05, 4.69) is 39.6 Å². The van der Waals surface area contributed by atoms with E-state index in [1.165, 1.54) is 5.56 Å². The first-order chi connectivity index (χ1) is 9.25. The summed E-state index contributed by atoms with van der Waals surface area (Å²) in [7, 11) is 0. The average molecular weight is 252 g/mol. The molecule has 0 fully saturated rings. The molecule has 2 N–H and O–H groups in total. The predicted octanol–water partition coefficient (Wildman–Crippen LogP) is 3.44. The summed E-state index contributed by atoms with van der Waals surface area (Å²) in [6.45, 7) is 4.12. The molecule has 0 bridgehead atoms. The van der Waals surface area contributed by atoms with Gasteiger partial charge in [-0.05, 0) is 25.5 Å². The Labute approximate surface area is 111 Å². The van der Waals surface area contributed by atoms with Crippen LogP contribution in [0, 0.1) is 6.92 Å². The third kappa shape index (κ3) is 2.17. The number of pyridine rings is 1. The Hall–Kier alpha value is -2.36. The van der Waals surface area contributed by atoms with Gasteiger partial charge < -0.3 is 5.32 Å². The molecule has 0 saturated heterocycles. The molecule has 2 aromatic heterocycles. The molecule has 2 heterocycles. The maximum absolute atomic E-state index is 4.43. The van der Waals surface area contributed by atoms with Crippen LogP contribution >= 0.6 is 0 Å². The van der Waals surface area contributed by atoms with Gasteiger partial charge >= 0.3 is 0 Å². The topological polar surface area (TPSA) is 53.6 Å². The van der Waals surface area contributed by atoms with Crippen LogP contribution < -0.4 is 5.32 Å². The van der Waals surface area contributed by atoms with Crippen LogP contribution in [0.4, 0.5) is 5.82 Å². The van der Waals surface area contributed by atoms with Crippen molar-refractivity contribution in [2.75, 3.05) is 5.32 Å². The highest BCUT2D eigenvalue weighted by Crippen LogP contribution is 2.25. The molecule has 19 heavy (non-hydrogen) atoms. The van der Waals surface area contributed by atoms with Gasteiger partial charge in [-0.25, -0.2) is 4.98 Å². The first-order valence-electron chi connectivity index (χ1n) is 6.37. The first-order valence-corrected chi connectivity index (χ1v) is 6.37. The molecule has 0 saturated carbocycles. The van der Waals surface area contributed by atoms with Gasteiger partial charge in [0.25, 0.3) is 0 Å². The second kappa shape index (κ2) is 4.72. The van der Waals surface area contributed by atoms with Gasteiger partial charge in [-0.1, -0.05) is 30.3 Å². The Balaban J connectivity index is 1.95. The lowest BCUT2D eigenvalue weighted by atomic mass is 10.1. The number of hydrogen-bond donors (Lipinski definition) is 2. The molecule has 0 aliphatic carbocycles. The number of benzene rings is 1. The van der Waals surface area contributed by atoms with Crippen molar-refractivity contribution in [2.24, 2.45) is 0 Å². The van der Waals surface area contributed by atoms with E-state index < -0.39 is 0 Å². The number of nitrogens with one attached hydrogen (secondary N) is 2. The number of rotatable bonds is 3. The number of anilines is 1. The van der Waals surface area contributed by atoms with Crippen molar-refractivity contribution in [1.82, 2.24) is 15.2 Å². The molecule has 0 amide bonds. The van der Waals surface area contributed by atoms with E-state index in [-0.39, 0.29) is 6.04 Å². The Morgan fingerprint density at radius 3 is 2.74 bits per heavy atom. The first kappa shape index (κ1) is 11.7. The number of nitrogens with zero attached hydrogens (tertiary/aromatic N) is 2. The lowest BCUT2D eigenvalue weighted by Gasteiger charge is -2.15. The molecule has 1 aromatic carbocycles. The van der Waals surface area contributed by atoms with E-state index in [1.54, 1.807) is 6.20 Å². The van der Waals surface area contributed by atoms with Crippen molar-refractivity contribution in [3.63, 3.8) is 0 Å². The quantitative estimate of drug-likeness (QED) is 0.750. The highest BCUT2D eigenvalue weighted by molar-refractivity contribution is 5.91. The minimum Gasteiger partial charge on any atom is -0.363 e. The van der Waals surface area contributed by atoms with Crippen LogP contribution in [-0.2, 0) is 0 Å². The Bertz CT molecular complexity index is 688. The van der Waals surface area contributed by atoms with Crippen LogP contribution in [-0.4, -0.2) is 15.2 Å². The second-order valence-electron chi connectivity index (χ2n) is 4.67. The van der Waals surface area contributed by atoms with Gasteiger partial charge in [0.1, 0.15) is 5.82 Å². The molecule has 96 valence electrons. The Kier molecular flexibility index (Phi) is 2.91. The smallest absolute Gasteiger partial charge is 0.137 e. The fourth-order valence-corrected chi connectivity index (χ4v) is 2.26. The summed E-state index contributed by atoms with van der Waals surface area (Å²) in [5.74, 6) is 0.875. The fourth-order valence-electron chi connectivity index (χ4n) is 2.26. The lowest BCUT2D eigenvalue weighted by Crippen LogP contribution is -2.08. The Morgan fingerprint density at radius 2 is 1.95 bits per heavy atom. The van der Waals surface area contributed by atoms with E-state index in [1.807, 2.05) is 31.2 Å². The standard InChI is InChI=1S/C15H16N4/c1-10(12-6-4-3-5-7-12)17-15-14-11(2)18-19-13(14)8-9-16-15/h3-10H,1-2H3,(H,16,17)(H,18,19)/t10-/m1/s1. The van der Waals surface area contributed by atoms with Gasteiger partial charge in [0.05, 0.1) is 16.6 Å². The zero-order valence-corrected chi connectivity index (χ0v) is 11.0. The fraction of sp³-hybridized carbons (Fsp3) is 0.200. The summed E-state index contributed by atoms with van der Waals surface area (Å²) < 4.78 is 0. The molecule has 4 nitrogen and oxygen atoms in total. The molecule has 3 aromatic rings. The number of fused-ring (bicyclic) bond motifs is 1. The number of aromatic amines is 1. The monoisotopic (exact) mass is 252 g/mol. The number of hydrogen-bond acceptors (Lipinski definition) is 3. The highest BCUT2D eigenvalue weighted by atomic mass is 15.1. The van der Waals surface area contributed by atoms with Gasteiger partial charge in [0, 0.05) is 12.2 Å². The normalized spacial score (nSPS) is 12.5. The summed E-state index contributed by atoms with van der Waals surface area (Å²) >= 11 is 0. The summed E-state index contributed by atoms with van der Waals surface area (Å²) in [6.07, 6.45) is 1.79. The van der Waals surface area contributed by atoms with Gasteiger partial charge in [-0.3, -0.25) is 5.10 Å². The molecule has 0 spiro atoms. The molecular formula is C15H16N4. The zero-order valence-electron chi connectivity index (χ0n) is 11.0. The molecule has 4 heteroatoms. The van der Waals surface area contributed by atoms with Crippen LogP contribution in [0.15, 0.2) is 42.6 Å². The minimum absolute atomic E-state index is 0.202. The summed E-state index contributed by atoms with van der Waals surface area (Å²) in [4.78, 5) is 4.43. The van der Waals surface area contributed by atoms with Gasteiger partial charge in [-0.15, -0.1) is 0 Å². The highest BCUT2D eigenvalue weighted by Gasteiger charge is 2.11. The van der Waals surface area contributed by atoms with Gasteiger partial charge in [0.2, 0.25) is 0 Å². The maximum Gasteiger partial charge on any atom is 0.137 e. The van der Waals surface area contributed by atoms with Crippen LogP contribution in [0.2, 0.25) is 0 Å². The van der Waals surface area contributed by atoms with Crippen LogP contribution in [0.25, 0.3) is 10.9 Å². The largest absolute Gasteiger partial charge is 0.363 e.